The second-order valence-electron chi connectivity index (χ2n) is 8.39. The number of aryl methyl sites for hydroxylation is 1. The van der Waals surface area contributed by atoms with Crippen LogP contribution in [-0.4, -0.2) is 84.7 Å². The highest BCUT2D eigenvalue weighted by molar-refractivity contribution is 6.13. The summed E-state index contributed by atoms with van der Waals surface area (Å²) in [4.78, 5) is 29.2. The molecule has 0 aliphatic carbocycles. The largest absolute Gasteiger partial charge is 0.397 e. The number of pyridine rings is 2. The smallest absolute Gasteiger partial charge is 0.234 e. The average Bonchev–Trinajstić information content (AvgIpc) is 2.78. The van der Waals surface area contributed by atoms with E-state index in [4.69, 9.17) is 21.5 Å². The summed E-state index contributed by atoms with van der Waals surface area (Å²) in [5.74, 6) is 0.547. The van der Waals surface area contributed by atoms with E-state index in [1.54, 1.807) is 19.3 Å². The highest BCUT2D eigenvalue weighted by Gasteiger charge is 2.35. The first kappa shape index (κ1) is 22.5. The quantitative estimate of drug-likeness (QED) is 0.462. The molecule has 0 radical (unpaired) electrons. The minimum atomic E-state index is -0.376. The Bertz CT molecular complexity index is 1110. The lowest BCUT2D eigenvalue weighted by Gasteiger charge is -2.47. The summed E-state index contributed by atoms with van der Waals surface area (Å²) in [5, 5.41) is 19.3. The summed E-state index contributed by atoms with van der Waals surface area (Å²) in [7, 11) is 1.65. The molecule has 4 heterocycles. The molecule has 1 amide bonds. The molecule has 10 nitrogen and oxygen atoms in total. The zero-order valence-electron chi connectivity index (χ0n) is 18.9. The fourth-order valence-electron chi connectivity index (χ4n) is 4.19. The molecular formula is C23H29N9O. The normalized spacial score (nSPS) is 18.1. The van der Waals surface area contributed by atoms with Crippen molar-refractivity contribution in [2.24, 2.45) is 4.99 Å². The molecule has 2 aromatic rings. The Morgan fingerprint density at radius 3 is 2.88 bits per heavy atom. The summed E-state index contributed by atoms with van der Waals surface area (Å²) in [6.07, 6.45) is 4.41. The minimum absolute atomic E-state index is 0.0780. The molecule has 1 unspecified atom stereocenters. The van der Waals surface area contributed by atoms with Gasteiger partial charge >= 0.3 is 0 Å². The van der Waals surface area contributed by atoms with Crippen LogP contribution in [0.4, 0.5) is 11.5 Å². The van der Waals surface area contributed by atoms with Crippen LogP contribution in [0, 0.1) is 17.7 Å². The third kappa shape index (κ3) is 4.61. The number of amides is 1. The second kappa shape index (κ2) is 9.45. The molecule has 33 heavy (non-hydrogen) atoms. The Kier molecular flexibility index (Phi) is 6.45. The van der Waals surface area contributed by atoms with E-state index in [0.717, 1.165) is 31.0 Å². The van der Waals surface area contributed by atoms with E-state index in [9.17, 15) is 4.79 Å². The number of aliphatic imine (C=N–C) groups is 1. The van der Waals surface area contributed by atoms with Gasteiger partial charge in [0.25, 0.3) is 0 Å². The van der Waals surface area contributed by atoms with Crippen LogP contribution in [-0.2, 0) is 4.79 Å². The van der Waals surface area contributed by atoms with Gasteiger partial charge in [0.1, 0.15) is 5.82 Å². The Morgan fingerprint density at radius 2 is 2.18 bits per heavy atom. The molecule has 2 aliphatic heterocycles. The first-order chi connectivity index (χ1) is 15.9. The van der Waals surface area contributed by atoms with Gasteiger partial charge in [-0.05, 0) is 24.6 Å². The molecule has 2 fully saturated rings. The number of nitrogens with zero attached hydrogens (tertiary/aromatic N) is 5. The first-order valence-electron chi connectivity index (χ1n) is 10.9. The van der Waals surface area contributed by atoms with Crippen molar-refractivity contribution in [2.45, 2.75) is 18.9 Å². The Morgan fingerprint density at radius 1 is 1.39 bits per heavy atom. The van der Waals surface area contributed by atoms with E-state index >= 15 is 0 Å². The molecule has 2 aromatic heterocycles. The van der Waals surface area contributed by atoms with Crippen molar-refractivity contribution in [2.75, 3.05) is 50.4 Å². The lowest BCUT2D eigenvalue weighted by Crippen LogP contribution is -2.64. The summed E-state index contributed by atoms with van der Waals surface area (Å²) < 4.78 is 0. The maximum atomic E-state index is 11.7. The van der Waals surface area contributed by atoms with Crippen LogP contribution in [0.1, 0.15) is 28.4 Å². The highest BCUT2D eigenvalue weighted by atomic mass is 16.2. The van der Waals surface area contributed by atoms with Crippen molar-refractivity contribution in [3.8, 4) is 0 Å². The van der Waals surface area contributed by atoms with E-state index in [2.05, 4.69) is 25.1 Å². The van der Waals surface area contributed by atoms with Gasteiger partial charge in [-0.15, -0.1) is 0 Å². The number of piperazine rings is 1. The first-order valence-corrected chi connectivity index (χ1v) is 10.9. The lowest BCUT2D eigenvalue weighted by atomic mass is 10.00. The topological polar surface area (TPSA) is 147 Å². The SMILES string of the molecule is CN=CC(C=N)c1cc(C(=N)c2ccc(C)c(N3CC(N4CCNC(=O)C4)C3)n2)c(N)cn1. The molecule has 0 saturated carbocycles. The van der Waals surface area contributed by atoms with Gasteiger partial charge in [0.05, 0.1) is 41.4 Å². The van der Waals surface area contributed by atoms with Crippen LogP contribution in [0.3, 0.4) is 0 Å². The number of nitrogens with one attached hydrogen (secondary N) is 3. The minimum Gasteiger partial charge on any atom is -0.397 e. The van der Waals surface area contributed by atoms with E-state index < -0.39 is 0 Å². The van der Waals surface area contributed by atoms with Crippen LogP contribution in [0.25, 0.3) is 0 Å². The van der Waals surface area contributed by atoms with Crippen molar-refractivity contribution in [1.29, 1.82) is 10.8 Å². The van der Waals surface area contributed by atoms with Crippen molar-refractivity contribution in [3.63, 3.8) is 0 Å². The molecule has 2 aliphatic rings. The van der Waals surface area contributed by atoms with Gasteiger partial charge in [-0.3, -0.25) is 25.1 Å². The third-order valence-electron chi connectivity index (χ3n) is 6.13. The molecular weight excluding hydrogens is 418 g/mol. The summed E-state index contributed by atoms with van der Waals surface area (Å²) in [6, 6.07) is 5.86. The number of rotatable bonds is 7. The predicted octanol–water partition coefficient (Wildman–Crippen LogP) is 0.838. The average molecular weight is 448 g/mol. The Balaban J connectivity index is 1.54. The van der Waals surface area contributed by atoms with E-state index in [1.807, 2.05) is 19.1 Å². The third-order valence-corrected chi connectivity index (χ3v) is 6.13. The molecule has 5 N–H and O–H groups in total. The van der Waals surface area contributed by atoms with Crippen LogP contribution >= 0.6 is 0 Å². The van der Waals surface area contributed by atoms with Gasteiger partial charge in [-0.2, -0.15) is 0 Å². The fraction of sp³-hybridized carbons (Fsp3) is 0.391. The molecule has 2 saturated heterocycles. The Hall–Kier alpha value is -3.66. The maximum Gasteiger partial charge on any atom is 0.234 e. The number of carbonyl (C=O) groups excluding carboxylic acids is 1. The standard InChI is InChI=1S/C23H29N9O/c1-14-3-4-19(22(26)17-7-20(29-10-18(17)25)15(8-24)9-27-2)30-23(14)32-11-16(12-32)31-6-5-28-21(33)13-31/h3-4,7-10,15-16,24,26H,5-6,11-13,25H2,1-2H3,(H,28,33). The molecule has 172 valence electrons. The summed E-state index contributed by atoms with van der Waals surface area (Å²) in [5.41, 5.74) is 9.43. The Labute approximate surface area is 192 Å². The molecule has 0 bridgehead atoms. The predicted molar refractivity (Wildman–Crippen MR) is 130 cm³/mol. The van der Waals surface area contributed by atoms with Crippen LogP contribution < -0.4 is 16.0 Å². The number of anilines is 2. The van der Waals surface area contributed by atoms with Gasteiger partial charge in [0, 0.05) is 57.3 Å². The van der Waals surface area contributed by atoms with Gasteiger partial charge in [0.15, 0.2) is 0 Å². The van der Waals surface area contributed by atoms with Gasteiger partial charge in [-0.25, -0.2) is 4.98 Å². The van der Waals surface area contributed by atoms with E-state index in [1.165, 1.54) is 12.4 Å². The number of carbonyl (C=O) groups is 1. The zero-order chi connectivity index (χ0) is 23.5. The van der Waals surface area contributed by atoms with Gasteiger partial charge < -0.3 is 21.4 Å². The van der Waals surface area contributed by atoms with Crippen molar-refractivity contribution < 1.29 is 4.79 Å². The van der Waals surface area contributed by atoms with Crippen LogP contribution in [0.5, 0.6) is 0 Å². The number of aromatic nitrogens is 2. The second-order valence-corrected chi connectivity index (χ2v) is 8.39. The number of hydrogen-bond acceptors (Lipinski definition) is 9. The monoisotopic (exact) mass is 447 g/mol. The van der Waals surface area contributed by atoms with Crippen LogP contribution in [0.2, 0.25) is 0 Å². The fourth-order valence-corrected chi connectivity index (χ4v) is 4.19. The lowest BCUT2D eigenvalue weighted by molar-refractivity contribution is -0.125. The molecule has 0 spiro atoms. The summed E-state index contributed by atoms with van der Waals surface area (Å²) >= 11 is 0. The van der Waals surface area contributed by atoms with Crippen LogP contribution in [0.15, 0.2) is 29.4 Å². The number of nitrogen functional groups attached to an aromatic ring is 1. The van der Waals surface area contributed by atoms with E-state index in [0.29, 0.717) is 41.8 Å². The van der Waals surface area contributed by atoms with Gasteiger partial charge in [-0.1, -0.05) is 6.07 Å². The van der Waals surface area contributed by atoms with Gasteiger partial charge in [0.2, 0.25) is 5.91 Å². The van der Waals surface area contributed by atoms with Crippen molar-refractivity contribution >= 4 is 35.6 Å². The van der Waals surface area contributed by atoms with Crippen molar-refractivity contribution in [3.05, 3.63) is 46.9 Å². The highest BCUT2D eigenvalue weighted by Crippen LogP contribution is 2.27. The number of hydrogen-bond donors (Lipinski definition) is 4. The molecule has 10 heteroatoms. The molecule has 0 aromatic carbocycles. The zero-order valence-corrected chi connectivity index (χ0v) is 18.9. The van der Waals surface area contributed by atoms with E-state index in [-0.39, 0.29) is 17.5 Å². The molecule has 4 rings (SSSR count). The molecule has 1 atom stereocenters. The van der Waals surface area contributed by atoms with Crippen molar-refractivity contribution in [1.82, 2.24) is 20.2 Å². The summed E-state index contributed by atoms with van der Waals surface area (Å²) in [6.45, 7) is 5.61. The maximum absolute atomic E-state index is 11.7. The number of nitrogens with two attached hydrogens (primary N) is 1.